The summed E-state index contributed by atoms with van der Waals surface area (Å²) in [6.45, 7) is 1.49. The maximum Gasteiger partial charge on any atom is 0.303 e. The van der Waals surface area contributed by atoms with Gasteiger partial charge in [0.25, 0.3) is 0 Å². The lowest BCUT2D eigenvalue weighted by Crippen LogP contribution is -2.39. The number of carbonyl (C=O) groups excluding carboxylic acids is 2. The molecular weight excluding hydrogens is 298 g/mol. The van der Waals surface area contributed by atoms with Crippen LogP contribution >= 0.6 is 0 Å². The van der Waals surface area contributed by atoms with E-state index in [1.807, 2.05) is 12.1 Å². The molecule has 1 unspecified atom stereocenters. The van der Waals surface area contributed by atoms with Crippen molar-refractivity contribution in [3.63, 3.8) is 0 Å². The number of carbonyl (C=O) groups is 3. The Morgan fingerprint density at radius 3 is 2.83 bits per heavy atom. The van der Waals surface area contributed by atoms with Gasteiger partial charge in [-0.25, -0.2) is 4.98 Å². The molecule has 1 aromatic heterocycles. The standard InChI is InChI=1S/C16H19N3O4/c20-14-4-2-12(16(23)18-14)11-1-3-13(17-8-11)19-6-5-10(9-19)7-15(21)22/h1,3,8,10,12H,2,4-7,9H2,(H,21,22)(H,18,20,23)/t10-,12?/m1/s1. The summed E-state index contributed by atoms with van der Waals surface area (Å²) in [5.74, 6) is -0.625. The van der Waals surface area contributed by atoms with Crippen molar-refractivity contribution < 1.29 is 19.5 Å². The highest BCUT2D eigenvalue weighted by Gasteiger charge is 2.29. The second-order valence-corrected chi connectivity index (χ2v) is 6.15. The number of rotatable bonds is 4. The Kier molecular flexibility index (Phi) is 4.27. The predicted molar refractivity (Wildman–Crippen MR) is 81.9 cm³/mol. The Morgan fingerprint density at radius 2 is 2.17 bits per heavy atom. The SMILES string of the molecule is O=C(O)C[C@H]1CCN(c2ccc(C3CCC(=O)NC3=O)cn2)C1. The first-order valence-corrected chi connectivity index (χ1v) is 7.79. The molecule has 23 heavy (non-hydrogen) atoms. The minimum Gasteiger partial charge on any atom is -0.481 e. The summed E-state index contributed by atoms with van der Waals surface area (Å²) in [6.07, 6.45) is 3.57. The first-order valence-electron chi connectivity index (χ1n) is 7.79. The van der Waals surface area contributed by atoms with Crippen LogP contribution in [0.15, 0.2) is 18.3 Å². The summed E-state index contributed by atoms with van der Waals surface area (Å²) in [5, 5.41) is 11.2. The molecule has 2 saturated heterocycles. The molecule has 7 nitrogen and oxygen atoms in total. The molecule has 0 bridgehead atoms. The third-order valence-corrected chi connectivity index (χ3v) is 4.49. The van der Waals surface area contributed by atoms with Crippen molar-refractivity contribution in [2.75, 3.05) is 18.0 Å². The predicted octanol–water partition coefficient (Wildman–Crippen LogP) is 0.903. The monoisotopic (exact) mass is 317 g/mol. The van der Waals surface area contributed by atoms with E-state index >= 15 is 0 Å². The molecule has 2 N–H and O–H groups in total. The van der Waals surface area contributed by atoms with Crippen LogP contribution in [0.4, 0.5) is 5.82 Å². The van der Waals surface area contributed by atoms with E-state index in [2.05, 4.69) is 15.2 Å². The number of aromatic nitrogens is 1. The Hall–Kier alpha value is -2.44. The fourth-order valence-corrected chi connectivity index (χ4v) is 3.26. The summed E-state index contributed by atoms with van der Waals surface area (Å²) in [4.78, 5) is 40.3. The number of carboxylic acids is 1. The van der Waals surface area contributed by atoms with Gasteiger partial charge in [0.05, 0.1) is 5.92 Å². The summed E-state index contributed by atoms with van der Waals surface area (Å²) in [5.41, 5.74) is 0.806. The van der Waals surface area contributed by atoms with Crippen LogP contribution in [0.25, 0.3) is 0 Å². The Morgan fingerprint density at radius 1 is 1.35 bits per heavy atom. The van der Waals surface area contributed by atoms with Gasteiger partial charge in [-0.2, -0.15) is 0 Å². The molecule has 2 fully saturated rings. The quantitative estimate of drug-likeness (QED) is 0.801. The van der Waals surface area contributed by atoms with E-state index in [4.69, 9.17) is 5.11 Å². The Balaban J connectivity index is 1.65. The van der Waals surface area contributed by atoms with Gasteiger partial charge in [-0.05, 0) is 30.4 Å². The molecule has 3 heterocycles. The van der Waals surface area contributed by atoms with Crippen LogP contribution in [0.2, 0.25) is 0 Å². The van der Waals surface area contributed by atoms with Crippen LogP contribution in [0.1, 0.15) is 37.2 Å². The number of hydrogen-bond donors (Lipinski definition) is 2. The third-order valence-electron chi connectivity index (χ3n) is 4.49. The summed E-state index contributed by atoms with van der Waals surface area (Å²) in [7, 11) is 0. The largest absolute Gasteiger partial charge is 0.481 e. The normalized spacial score (nSPS) is 24.6. The second-order valence-electron chi connectivity index (χ2n) is 6.15. The number of piperidine rings is 1. The van der Waals surface area contributed by atoms with Gasteiger partial charge in [-0.15, -0.1) is 0 Å². The van der Waals surface area contributed by atoms with Crippen molar-refractivity contribution in [2.24, 2.45) is 5.92 Å². The van der Waals surface area contributed by atoms with E-state index in [-0.39, 0.29) is 30.1 Å². The molecule has 3 rings (SSSR count). The molecule has 0 radical (unpaired) electrons. The van der Waals surface area contributed by atoms with Gasteiger partial charge in [-0.1, -0.05) is 6.07 Å². The lowest BCUT2D eigenvalue weighted by molar-refractivity contribution is -0.138. The number of amides is 2. The van der Waals surface area contributed by atoms with Crippen molar-refractivity contribution in [1.29, 1.82) is 0 Å². The van der Waals surface area contributed by atoms with Gasteiger partial charge in [0, 0.05) is 32.1 Å². The molecule has 0 saturated carbocycles. The van der Waals surface area contributed by atoms with Crippen LogP contribution in [-0.2, 0) is 14.4 Å². The zero-order valence-electron chi connectivity index (χ0n) is 12.7. The number of nitrogens with one attached hydrogen (secondary N) is 1. The summed E-state index contributed by atoms with van der Waals surface area (Å²) in [6, 6.07) is 3.73. The summed E-state index contributed by atoms with van der Waals surface area (Å²) >= 11 is 0. The molecule has 2 atom stereocenters. The van der Waals surface area contributed by atoms with Crippen molar-refractivity contribution >= 4 is 23.6 Å². The van der Waals surface area contributed by atoms with E-state index < -0.39 is 5.97 Å². The van der Waals surface area contributed by atoms with E-state index in [1.165, 1.54) is 0 Å². The second kappa shape index (κ2) is 6.36. The fraction of sp³-hybridized carbons (Fsp3) is 0.500. The van der Waals surface area contributed by atoms with Crippen molar-refractivity contribution in [3.8, 4) is 0 Å². The first-order chi connectivity index (χ1) is 11.0. The van der Waals surface area contributed by atoms with Gasteiger partial charge < -0.3 is 10.0 Å². The number of hydrogen-bond acceptors (Lipinski definition) is 5. The van der Waals surface area contributed by atoms with E-state index in [9.17, 15) is 14.4 Å². The van der Waals surface area contributed by atoms with Crippen molar-refractivity contribution in [1.82, 2.24) is 10.3 Å². The van der Waals surface area contributed by atoms with E-state index in [0.717, 1.165) is 24.3 Å². The maximum absolute atomic E-state index is 11.9. The average molecular weight is 317 g/mol. The molecule has 0 spiro atoms. The molecule has 122 valence electrons. The van der Waals surface area contributed by atoms with E-state index in [0.29, 0.717) is 19.4 Å². The zero-order valence-corrected chi connectivity index (χ0v) is 12.7. The first kappa shape index (κ1) is 15.5. The average Bonchev–Trinajstić information content (AvgIpc) is 2.95. The van der Waals surface area contributed by atoms with Crippen molar-refractivity contribution in [2.45, 2.75) is 31.6 Å². The fourth-order valence-electron chi connectivity index (χ4n) is 3.26. The highest BCUT2D eigenvalue weighted by atomic mass is 16.4. The molecule has 2 amide bonds. The van der Waals surface area contributed by atoms with Crippen molar-refractivity contribution in [3.05, 3.63) is 23.9 Å². The zero-order chi connectivity index (χ0) is 16.4. The maximum atomic E-state index is 11.9. The lowest BCUT2D eigenvalue weighted by Gasteiger charge is -2.22. The molecule has 2 aliphatic heterocycles. The molecule has 1 aromatic rings. The highest BCUT2D eigenvalue weighted by molar-refractivity contribution is 6.00. The minimum atomic E-state index is -0.766. The van der Waals surface area contributed by atoms with Crippen LogP contribution in [0.3, 0.4) is 0 Å². The van der Waals surface area contributed by atoms with Crippen LogP contribution in [0, 0.1) is 5.92 Å². The van der Waals surface area contributed by atoms with Crippen LogP contribution in [-0.4, -0.2) is 41.0 Å². The molecule has 0 aromatic carbocycles. The molecule has 2 aliphatic rings. The molecule has 0 aliphatic carbocycles. The van der Waals surface area contributed by atoms with Gasteiger partial charge in [0.1, 0.15) is 5.82 Å². The smallest absolute Gasteiger partial charge is 0.303 e. The summed E-state index contributed by atoms with van der Waals surface area (Å²) < 4.78 is 0. The number of imide groups is 1. The number of anilines is 1. The Labute approximate surface area is 133 Å². The van der Waals surface area contributed by atoms with Gasteiger partial charge in [0.2, 0.25) is 11.8 Å². The minimum absolute atomic E-state index is 0.157. The van der Waals surface area contributed by atoms with Crippen LogP contribution < -0.4 is 10.2 Å². The number of aliphatic carboxylic acids is 1. The highest BCUT2D eigenvalue weighted by Crippen LogP contribution is 2.28. The van der Waals surface area contributed by atoms with Gasteiger partial charge in [0.15, 0.2) is 0 Å². The molecule has 7 heteroatoms. The van der Waals surface area contributed by atoms with Crippen LogP contribution in [0.5, 0.6) is 0 Å². The number of nitrogens with zero attached hydrogens (tertiary/aromatic N) is 2. The third kappa shape index (κ3) is 3.49. The van der Waals surface area contributed by atoms with Gasteiger partial charge >= 0.3 is 5.97 Å². The lowest BCUT2D eigenvalue weighted by atomic mass is 9.92. The van der Waals surface area contributed by atoms with Gasteiger partial charge in [-0.3, -0.25) is 19.7 Å². The number of carboxylic acid groups (broad SMARTS) is 1. The number of pyridine rings is 1. The molecular formula is C16H19N3O4. The van der Waals surface area contributed by atoms with E-state index in [1.54, 1.807) is 6.20 Å². The topological polar surface area (TPSA) is 99.6 Å². The Bertz CT molecular complexity index is 629.